The van der Waals surface area contributed by atoms with Gasteiger partial charge >= 0.3 is 12.4 Å². The molecule has 0 spiro atoms. The monoisotopic (exact) mass is 344 g/mol. The molecule has 0 N–H and O–H groups in total. The Labute approximate surface area is 132 Å². The molecule has 0 heterocycles. The SMILES string of the molecule is O=C1CCc2c1cccc2-c1cc(C(F)(F)F)cc(C(F)(F)F)c1. The minimum Gasteiger partial charge on any atom is -0.294 e. The third-order valence-electron chi connectivity index (χ3n) is 3.98. The largest absolute Gasteiger partial charge is 0.416 e. The minimum absolute atomic E-state index is 0.0951. The maximum absolute atomic E-state index is 13.0. The molecule has 0 atom stereocenters. The maximum atomic E-state index is 13.0. The Morgan fingerprint density at radius 3 is 1.83 bits per heavy atom. The number of alkyl halides is 6. The number of benzene rings is 2. The fourth-order valence-corrected chi connectivity index (χ4v) is 2.87. The van der Waals surface area contributed by atoms with Crippen molar-refractivity contribution in [2.24, 2.45) is 0 Å². The van der Waals surface area contributed by atoms with E-state index in [0.717, 1.165) is 0 Å². The van der Waals surface area contributed by atoms with Gasteiger partial charge in [0.15, 0.2) is 5.78 Å². The molecule has 24 heavy (non-hydrogen) atoms. The van der Waals surface area contributed by atoms with Gasteiger partial charge in [0.2, 0.25) is 0 Å². The van der Waals surface area contributed by atoms with Crippen LogP contribution in [-0.4, -0.2) is 5.78 Å². The lowest BCUT2D eigenvalue weighted by atomic mass is 9.93. The summed E-state index contributed by atoms with van der Waals surface area (Å²) >= 11 is 0. The molecule has 7 heteroatoms. The van der Waals surface area contributed by atoms with Crippen molar-refractivity contribution >= 4 is 5.78 Å². The highest BCUT2D eigenvalue weighted by Crippen LogP contribution is 2.40. The third-order valence-corrected chi connectivity index (χ3v) is 3.98. The van der Waals surface area contributed by atoms with E-state index in [0.29, 0.717) is 29.7 Å². The first-order valence-electron chi connectivity index (χ1n) is 7.02. The zero-order chi connectivity index (χ0) is 17.7. The number of ketones is 1. The second-order valence-electron chi connectivity index (χ2n) is 5.55. The molecule has 0 bridgehead atoms. The van der Waals surface area contributed by atoms with E-state index in [9.17, 15) is 31.1 Å². The van der Waals surface area contributed by atoms with Crippen molar-refractivity contribution in [3.8, 4) is 11.1 Å². The summed E-state index contributed by atoms with van der Waals surface area (Å²) in [6.45, 7) is 0. The molecule has 0 aromatic heterocycles. The molecule has 0 unspecified atom stereocenters. The van der Waals surface area contributed by atoms with Gasteiger partial charge in [0.25, 0.3) is 0 Å². The van der Waals surface area contributed by atoms with E-state index >= 15 is 0 Å². The summed E-state index contributed by atoms with van der Waals surface area (Å²) in [7, 11) is 0. The highest BCUT2D eigenvalue weighted by molar-refractivity contribution is 6.02. The van der Waals surface area contributed by atoms with Gasteiger partial charge in [-0.2, -0.15) is 26.3 Å². The highest BCUT2D eigenvalue weighted by Gasteiger charge is 2.37. The topological polar surface area (TPSA) is 17.1 Å². The van der Waals surface area contributed by atoms with Gasteiger partial charge in [-0.3, -0.25) is 4.79 Å². The molecule has 2 aromatic carbocycles. The van der Waals surface area contributed by atoms with Crippen LogP contribution in [0.25, 0.3) is 11.1 Å². The van der Waals surface area contributed by atoms with E-state index in [1.165, 1.54) is 18.2 Å². The summed E-state index contributed by atoms with van der Waals surface area (Å²) in [4.78, 5) is 11.7. The van der Waals surface area contributed by atoms with Crippen LogP contribution in [-0.2, 0) is 18.8 Å². The first-order valence-corrected chi connectivity index (χ1v) is 7.02. The normalized spacial score (nSPS) is 14.8. The van der Waals surface area contributed by atoms with E-state index in [1.54, 1.807) is 0 Å². The van der Waals surface area contributed by atoms with Crippen LogP contribution in [0.4, 0.5) is 26.3 Å². The number of halogens is 6. The number of fused-ring (bicyclic) bond motifs is 1. The van der Waals surface area contributed by atoms with Crippen molar-refractivity contribution in [1.29, 1.82) is 0 Å². The Balaban J connectivity index is 2.24. The molecule has 1 aliphatic carbocycles. The number of carbonyl (C=O) groups excluding carboxylic acids is 1. The van der Waals surface area contributed by atoms with Crippen LogP contribution < -0.4 is 0 Å². The van der Waals surface area contributed by atoms with Crippen LogP contribution in [0, 0.1) is 0 Å². The molecular formula is C17H10F6O. The number of hydrogen-bond donors (Lipinski definition) is 0. The molecule has 0 aliphatic heterocycles. The Morgan fingerprint density at radius 1 is 0.750 bits per heavy atom. The summed E-state index contributed by atoms with van der Waals surface area (Å²) in [6.07, 6.45) is -9.28. The van der Waals surface area contributed by atoms with Crippen molar-refractivity contribution in [2.45, 2.75) is 25.2 Å². The summed E-state index contributed by atoms with van der Waals surface area (Å²) in [6, 6.07) is 5.91. The van der Waals surface area contributed by atoms with E-state index < -0.39 is 23.5 Å². The van der Waals surface area contributed by atoms with Gasteiger partial charge < -0.3 is 0 Å². The van der Waals surface area contributed by atoms with Crippen molar-refractivity contribution in [2.75, 3.05) is 0 Å². The molecule has 0 saturated carbocycles. The van der Waals surface area contributed by atoms with Gasteiger partial charge in [0.1, 0.15) is 0 Å². The highest BCUT2D eigenvalue weighted by atomic mass is 19.4. The molecule has 3 rings (SSSR count). The van der Waals surface area contributed by atoms with Gasteiger partial charge in [-0.25, -0.2) is 0 Å². The molecule has 0 fully saturated rings. The lowest BCUT2D eigenvalue weighted by Crippen LogP contribution is -2.11. The predicted molar refractivity (Wildman–Crippen MR) is 74.5 cm³/mol. The zero-order valence-corrected chi connectivity index (χ0v) is 12.1. The fraction of sp³-hybridized carbons (Fsp3) is 0.235. The third kappa shape index (κ3) is 2.90. The second kappa shape index (κ2) is 5.36. The predicted octanol–water partition coefficient (Wildman–Crippen LogP) is 5.52. The standard InChI is InChI=1S/C17H10F6O/c18-16(19,20)10-6-9(7-11(8-10)17(21,22)23)12-2-1-3-14-13(12)4-5-15(14)24/h1-3,6-8H,4-5H2. The molecule has 2 aromatic rings. The molecule has 126 valence electrons. The molecule has 0 amide bonds. The first-order chi connectivity index (χ1) is 11.1. The molecule has 0 radical (unpaired) electrons. The van der Waals surface area contributed by atoms with Crippen LogP contribution >= 0.6 is 0 Å². The van der Waals surface area contributed by atoms with E-state index in [4.69, 9.17) is 0 Å². The molecule has 1 nitrogen and oxygen atoms in total. The minimum atomic E-state index is -4.90. The van der Waals surface area contributed by atoms with Crippen molar-refractivity contribution in [1.82, 2.24) is 0 Å². The van der Waals surface area contributed by atoms with Crippen LogP contribution in [0.15, 0.2) is 36.4 Å². The van der Waals surface area contributed by atoms with E-state index in [2.05, 4.69) is 0 Å². The van der Waals surface area contributed by atoms with Gasteiger partial charge in [0.05, 0.1) is 11.1 Å². The average molecular weight is 344 g/mol. The van der Waals surface area contributed by atoms with Gasteiger partial charge in [-0.15, -0.1) is 0 Å². The Hall–Kier alpha value is -2.31. The summed E-state index contributed by atoms with van der Waals surface area (Å²) in [5.74, 6) is -0.158. The van der Waals surface area contributed by atoms with Gasteiger partial charge in [-0.05, 0) is 41.3 Å². The average Bonchev–Trinajstić information content (AvgIpc) is 2.87. The van der Waals surface area contributed by atoms with Gasteiger partial charge in [0, 0.05) is 12.0 Å². The molecular weight excluding hydrogens is 334 g/mol. The summed E-state index contributed by atoms with van der Waals surface area (Å²) < 4.78 is 77.8. The van der Waals surface area contributed by atoms with Gasteiger partial charge in [-0.1, -0.05) is 18.2 Å². The number of carbonyl (C=O) groups is 1. The van der Waals surface area contributed by atoms with E-state index in [1.807, 2.05) is 0 Å². The molecule has 0 saturated heterocycles. The van der Waals surface area contributed by atoms with Crippen LogP contribution in [0.3, 0.4) is 0 Å². The van der Waals surface area contributed by atoms with Crippen LogP contribution in [0.1, 0.15) is 33.5 Å². The quantitative estimate of drug-likeness (QED) is 0.623. The zero-order valence-electron chi connectivity index (χ0n) is 12.1. The summed E-state index contributed by atoms with van der Waals surface area (Å²) in [5.41, 5.74) is -1.84. The lowest BCUT2D eigenvalue weighted by Gasteiger charge is -2.16. The number of hydrogen-bond acceptors (Lipinski definition) is 1. The van der Waals surface area contributed by atoms with Crippen LogP contribution in [0.5, 0.6) is 0 Å². The van der Waals surface area contributed by atoms with Crippen molar-refractivity contribution < 1.29 is 31.1 Å². The Bertz CT molecular complexity index is 785. The Kier molecular flexibility index (Phi) is 3.69. The maximum Gasteiger partial charge on any atom is 0.416 e. The first kappa shape index (κ1) is 16.5. The second-order valence-corrected chi connectivity index (χ2v) is 5.55. The molecule has 1 aliphatic rings. The van der Waals surface area contributed by atoms with Crippen LogP contribution in [0.2, 0.25) is 0 Å². The number of rotatable bonds is 1. The summed E-state index contributed by atoms with van der Waals surface area (Å²) in [5, 5.41) is 0. The smallest absolute Gasteiger partial charge is 0.294 e. The van der Waals surface area contributed by atoms with Crippen molar-refractivity contribution in [3.05, 3.63) is 58.7 Å². The van der Waals surface area contributed by atoms with E-state index in [-0.39, 0.29) is 29.4 Å². The Morgan fingerprint density at radius 2 is 1.29 bits per heavy atom. The lowest BCUT2D eigenvalue weighted by molar-refractivity contribution is -0.143. The number of Topliss-reactive ketones (excluding diaryl/α,β-unsaturated/α-hetero) is 1. The fourth-order valence-electron chi connectivity index (χ4n) is 2.87. The van der Waals surface area contributed by atoms with Crippen molar-refractivity contribution in [3.63, 3.8) is 0 Å².